The van der Waals surface area contributed by atoms with Crippen LogP contribution in [0, 0.1) is 5.92 Å². The van der Waals surface area contributed by atoms with Gasteiger partial charge in [0.2, 0.25) is 0 Å². The van der Waals surface area contributed by atoms with E-state index in [2.05, 4.69) is 0 Å². The van der Waals surface area contributed by atoms with Crippen LogP contribution in [-0.4, -0.2) is 30.3 Å². The first-order chi connectivity index (χ1) is 5.24. The first kappa shape index (κ1) is 8.49. The zero-order chi connectivity index (χ0) is 8.27. The SMILES string of the molecule is NCC1CCOC(C(=O)O)C1. The Kier molecular flexibility index (Phi) is 2.84. The zero-order valence-electron chi connectivity index (χ0n) is 6.32. The van der Waals surface area contributed by atoms with E-state index < -0.39 is 12.1 Å². The fraction of sp³-hybridized carbons (Fsp3) is 0.857. The second kappa shape index (κ2) is 3.69. The van der Waals surface area contributed by atoms with Crippen LogP contribution in [0.25, 0.3) is 0 Å². The summed E-state index contributed by atoms with van der Waals surface area (Å²) >= 11 is 0. The smallest absolute Gasteiger partial charge is 0.332 e. The van der Waals surface area contributed by atoms with E-state index in [1.807, 2.05) is 0 Å². The van der Waals surface area contributed by atoms with Gasteiger partial charge in [0.05, 0.1) is 0 Å². The van der Waals surface area contributed by atoms with Gasteiger partial charge in [0, 0.05) is 6.61 Å². The molecule has 0 spiro atoms. The van der Waals surface area contributed by atoms with Crippen LogP contribution in [0.15, 0.2) is 0 Å². The Morgan fingerprint density at radius 1 is 1.73 bits per heavy atom. The lowest BCUT2D eigenvalue weighted by molar-refractivity contribution is -0.154. The molecule has 3 N–H and O–H groups in total. The normalized spacial score (nSPS) is 31.7. The molecule has 1 saturated heterocycles. The highest BCUT2D eigenvalue weighted by Crippen LogP contribution is 2.18. The molecule has 1 rings (SSSR count). The molecule has 0 aromatic heterocycles. The highest BCUT2D eigenvalue weighted by atomic mass is 16.5. The third-order valence-electron chi connectivity index (χ3n) is 2.00. The average Bonchev–Trinajstić information content (AvgIpc) is 2.05. The molecule has 0 saturated carbocycles. The summed E-state index contributed by atoms with van der Waals surface area (Å²) in [6.07, 6.45) is 0.823. The predicted octanol–water partition coefficient (Wildman–Crippen LogP) is -0.175. The molecular formula is C7H13NO3. The Bertz CT molecular complexity index is 149. The summed E-state index contributed by atoms with van der Waals surface area (Å²) in [6, 6.07) is 0. The van der Waals surface area contributed by atoms with Crippen molar-refractivity contribution in [3.05, 3.63) is 0 Å². The third kappa shape index (κ3) is 2.17. The molecule has 64 valence electrons. The number of carbonyl (C=O) groups is 1. The first-order valence-electron chi connectivity index (χ1n) is 3.78. The summed E-state index contributed by atoms with van der Waals surface area (Å²) < 4.78 is 5.02. The molecular weight excluding hydrogens is 146 g/mol. The molecule has 0 aliphatic carbocycles. The molecule has 1 fully saturated rings. The van der Waals surface area contributed by atoms with Crippen molar-refractivity contribution in [2.45, 2.75) is 18.9 Å². The maximum Gasteiger partial charge on any atom is 0.332 e. The van der Waals surface area contributed by atoms with E-state index >= 15 is 0 Å². The van der Waals surface area contributed by atoms with Crippen LogP contribution in [0.4, 0.5) is 0 Å². The van der Waals surface area contributed by atoms with Gasteiger partial charge in [-0.15, -0.1) is 0 Å². The maximum absolute atomic E-state index is 10.5. The minimum atomic E-state index is -0.872. The topological polar surface area (TPSA) is 72.5 Å². The zero-order valence-corrected chi connectivity index (χ0v) is 6.32. The van der Waals surface area contributed by atoms with Crippen molar-refractivity contribution in [3.63, 3.8) is 0 Å². The minimum Gasteiger partial charge on any atom is -0.479 e. The number of carboxylic acid groups (broad SMARTS) is 1. The third-order valence-corrected chi connectivity index (χ3v) is 2.00. The van der Waals surface area contributed by atoms with Gasteiger partial charge >= 0.3 is 5.97 Å². The Morgan fingerprint density at radius 3 is 3.00 bits per heavy atom. The van der Waals surface area contributed by atoms with Gasteiger partial charge in [-0.1, -0.05) is 0 Å². The first-order valence-corrected chi connectivity index (χ1v) is 3.78. The Morgan fingerprint density at radius 2 is 2.45 bits per heavy atom. The highest BCUT2D eigenvalue weighted by Gasteiger charge is 2.26. The van der Waals surface area contributed by atoms with E-state index in [1.165, 1.54) is 0 Å². The van der Waals surface area contributed by atoms with Crippen LogP contribution in [0.5, 0.6) is 0 Å². The average molecular weight is 159 g/mol. The van der Waals surface area contributed by atoms with Gasteiger partial charge in [-0.05, 0) is 25.3 Å². The second-order valence-electron chi connectivity index (χ2n) is 2.82. The summed E-state index contributed by atoms with van der Waals surface area (Å²) in [4.78, 5) is 10.5. The van der Waals surface area contributed by atoms with Crippen molar-refractivity contribution in [3.8, 4) is 0 Å². The number of rotatable bonds is 2. The largest absolute Gasteiger partial charge is 0.479 e. The molecule has 0 radical (unpaired) electrons. The molecule has 4 nitrogen and oxygen atoms in total. The fourth-order valence-corrected chi connectivity index (χ4v) is 1.25. The summed E-state index contributed by atoms with van der Waals surface area (Å²) in [7, 11) is 0. The molecule has 4 heteroatoms. The van der Waals surface area contributed by atoms with E-state index in [0.29, 0.717) is 25.5 Å². The van der Waals surface area contributed by atoms with Crippen molar-refractivity contribution in [1.29, 1.82) is 0 Å². The molecule has 0 bridgehead atoms. The number of carboxylic acids is 1. The van der Waals surface area contributed by atoms with Crippen LogP contribution in [0.1, 0.15) is 12.8 Å². The number of hydrogen-bond acceptors (Lipinski definition) is 3. The summed E-state index contributed by atoms with van der Waals surface area (Å²) in [5.74, 6) is -0.548. The quantitative estimate of drug-likeness (QED) is 0.586. The van der Waals surface area contributed by atoms with Gasteiger partial charge in [0.25, 0.3) is 0 Å². The highest BCUT2D eigenvalue weighted by molar-refractivity contribution is 5.72. The molecule has 0 amide bonds. The van der Waals surface area contributed by atoms with Gasteiger partial charge in [-0.2, -0.15) is 0 Å². The predicted molar refractivity (Wildman–Crippen MR) is 39.2 cm³/mol. The van der Waals surface area contributed by atoms with Crippen LogP contribution >= 0.6 is 0 Å². The molecule has 2 unspecified atom stereocenters. The molecule has 0 aromatic rings. The van der Waals surface area contributed by atoms with Gasteiger partial charge in [-0.3, -0.25) is 0 Å². The van der Waals surface area contributed by atoms with Crippen molar-refractivity contribution in [2.75, 3.05) is 13.2 Å². The van der Waals surface area contributed by atoms with Crippen LogP contribution in [-0.2, 0) is 9.53 Å². The molecule has 1 aliphatic heterocycles. The lowest BCUT2D eigenvalue weighted by Gasteiger charge is -2.25. The minimum absolute atomic E-state index is 0.324. The van der Waals surface area contributed by atoms with Gasteiger partial charge in [-0.25, -0.2) is 4.79 Å². The molecule has 1 aliphatic rings. The van der Waals surface area contributed by atoms with Gasteiger partial charge in [0.1, 0.15) is 0 Å². The van der Waals surface area contributed by atoms with E-state index in [4.69, 9.17) is 15.6 Å². The van der Waals surface area contributed by atoms with Crippen molar-refractivity contribution in [1.82, 2.24) is 0 Å². The van der Waals surface area contributed by atoms with E-state index in [-0.39, 0.29) is 0 Å². The molecule has 2 atom stereocenters. The number of ether oxygens (including phenoxy) is 1. The van der Waals surface area contributed by atoms with Gasteiger partial charge < -0.3 is 15.6 Å². The van der Waals surface area contributed by atoms with Crippen molar-refractivity contribution < 1.29 is 14.6 Å². The number of nitrogens with two attached hydrogens (primary N) is 1. The molecule has 0 aromatic carbocycles. The van der Waals surface area contributed by atoms with Crippen molar-refractivity contribution in [2.24, 2.45) is 11.7 Å². The van der Waals surface area contributed by atoms with Gasteiger partial charge in [0.15, 0.2) is 6.10 Å². The Balaban J connectivity index is 2.39. The lowest BCUT2D eigenvalue weighted by Crippen LogP contribution is -2.34. The van der Waals surface area contributed by atoms with Crippen LogP contribution in [0.3, 0.4) is 0 Å². The summed E-state index contributed by atoms with van der Waals surface area (Å²) in [6.45, 7) is 1.09. The number of aliphatic carboxylic acids is 1. The van der Waals surface area contributed by atoms with E-state index in [9.17, 15) is 4.79 Å². The number of hydrogen-bond donors (Lipinski definition) is 2. The molecule has 1 heterocycles. The summed E-state index contributed by atoms with van der Waals surface area (Å²) in [5.41, 5.74) is 5.42. The second-order valence-corrected chi connectivity index (χ2v) is 2.82. The molecule has 11 heavy (non-hydrogen) atoms. The lowest BCUT2D eigenvalue weighted by atomic mass is 9.96. The monoisotopic (exact) mass is 159 g/mol. The van der Waals surface area contributed by atoms with Crippen LogP contribution < -0.4 is 5.73 Å². The van der Waals surface area contributed by atoms with Crippen molar-refractivity contribution >= 4 is 5.97 Å². The fourth-order valence-electron chi connectivity index (χ4n) is 1.25. The Hall–Kier alpha value is -0.610. The van der Waals surface area contributed by atoms with E-state index in [0.717, 1.165) is 6.42 Å². The van der Waals surface area contributed by atoms with E-state index in [1.54, 1.807) is 0 Å². The standard InChI is InChI=1S/C7H13NO3/c8-4-5-1-2-11-6(3-5)7(9)10/h5-6H,1-4,8H2,(H,9,10). The Labute approximate surface area is 65.3 Å². The maximum atomic E-state index is 10.5. The van der Waals surface area contributed by atoms with Crippen LogP contribution in [0.2, 0.25) is 0 Å². The summed E-state index contributed by atoms with van der Waals surface area (Å²) in [5, 5.41) is 8.59.